The summed E-state index contributed by atoms with van der Waals surface area (Å²) in [4.78, 5) is 0. The molecule has 0 fully saturated rings. The highest BCUT2D eigenvalue weighted by atomic mass is 32.2. The van der Waals surface area contributed by atoms with Crippen LogP contribution in [0.15, 0.2) is 18.2 Å². The van der Waals surface area contributed by atoms with Crippen molar-refractivity contribution < 1.29 is 8.42 Å². The number of sulfone groups is 1. The highest BCUT2D eigenvalue weighted by Crippen LogP contribution is 2.26. The van der Waals surface area contributed by atoms with Crippen molar-refractivity contribution >= 4 is 15.5 Å². The van der Waals surface area contributed by atoms with Gasteiger partial charge in [-0.2, -0.15) is 0 Å². The fraction of sp³-hybridized carbons (Fsp3) is 0.462. The standard InChI is InChI=1S/C13H19N5O2S/c1-9-10(6-5-7-11(9)14)12-15-16-17-18(12)8-13(2,3)21(4,19)20/h5-7H,8,14H2,1-4H3. The Morgan fingerprint density at radius 1 is 1.33 bits per heavy atom. The van der Waals surface area contributed by atoms with Gasteiger partial charge in [-0.25, -0.2) is 13.1 Å². The predicted octanol–water partition coefficient (Wildman–Crippen LogP) is 1.05. The Balaban J connectivity index is 2.47. The van der Waals surface area contributed by atoms with Gasteiger partial charge in [0.25, 0.3) is 0 Å². The number of anilines is 1. The van der Waals surface area contributed by atoms with Gasteiger partial charge in [-0.15, -0.1) is 5.10 Å². The van der Waals surface area contributed by atoms with Crippen LogP contribution in [-0.4, -0.2) is 39.6 Å². The van der Waals surface area contributed by atoms with Crippen molar-refractivity contribution in [3.63, 3.8) is 0 Å². The minimum absolute atomic E-state index is 0.169. The van der Waals surface area contributed by atoms with Crippen molar-refractivity contribution in [2.45, 2.75) is 32.1 Å². The van der Waals surface area contributed by atoms with Crippen LogP contribution in [0.1, 0.15) is 19.4 Å². The normalized spacial score (nSPS) is 12.6. The number of rotatable bonds is 4. The van der Waals surface area contributed by atoms with Gasteiger partial charge in [0.1, 0.15) is 0 Å². The molecule has 0 aliphatic heterocycles. The summed E-state index contributed by atoms with van der Waals surface area (Å²) in [6.07, 6.45) is 1.21. The van der Waals surface area contributed by atoms with Gasteiger partial charge in [0.2, 0.25) is 0 Å². The van der Waals surface area contributed by atoms with E-state index in [4.69, 9.17) is 5.73 Å². The summed E-state index contributed by atoms with van der Waals surface area (Å²) in [6.45, 7) is 5.35. The first-order valence-corrected chi connectivity index (χ1v) is 8.34. The number of nitrogens with two attached hydrogens (primary N) is 1. The van der Waals surface area contributed by atoms with E-state index >= 15 is 0 Å². The predicted molar refractivity (Wildman–Crippen MR) is 81.3 cm³/mol. The molecule has 7 nitrogen and oxygen atoms in total. The van der Waals surface area contributed by atoms with Crippen molar-refractivity contribution in [1.29, 1.82) is 0 Å². The summed E-state index contributed by atoms with van der Waals surface area (Å²) in [7, 11) is -3.24. The number of tetrazole rings is 1. The summed E-state index contributed by atoms with van der Waals surface area (Å²) in [5.41, 5.74) is 8.20. The lowest BCUT2D eigenvalue weighted by atomic mass is 10.1. The van der Waals surface area contributed by atoms with Gasteiger partial charge in [-0.3, -0.25) is 0 Å². The molecule has 0 bridgehead atoms. The van der Waals surface area contributed by atoms with E-state index in [9.17, 15) is 8.42 Å². The third-order valence-corrected chi connectivity index (χ3v) is 5.82. The van der Waals surface area contributed by atoms with E-state index in [1.54, 1.807) is 19.9 Å². The number of hydrogen-bond acceptors (Lipinski definition) is 6. The minimum atomic E-state index is -3.24. The molecule has 8 heteroatoms. The maximum absolute atomic E-state index is 11.8. The van der Waals surface area contributed by atoms with Gasteiger partial charge >= 0.3 is 0 Å². The van der Waals surface area contributed by atoms with Crippen LogP contribution in [0.3, 0.4) is 0 Å². The Labute approximate surface area is 124 Å². The van der Waals surface area contributed by atoms with Gasteiger partial charge in [0, 0.05) is 17.5 Å². The second-order valence-corrected chi connectivity index (χ2v) is 8.36. The molecule has 2 N–H and O–H groups in total. The molecular formula is C13H19N5O2S. The molecule has 2 aromatic rings. The molecule has 0 amide bonds. The van der Waals surface area contributed by atoms with E-state index < -0.39 is 14.6 Å². The maximum atomic E-state index is 11.8. The molecule has 21 heavy (non-hydrogen) atoms. The van der Waals surface area contributed by atoms with Gasteiger partial charge in [-0.1, -0.05) is 12.1 Å². The monoisotopic (exact) mass is 309 g/mol. The van der Waals surface area contributed by atoms with Crippen LogP contribution >= 0.6 is 0 Å². The van der Waals surface area contributed by atoms with Gasteiger partial charge in [0.05, 0.1) is 11.3 Å². The highest BCUT2D eigenvalue weighted by Gasteiger charge is 2.32. The molecule has 2 rings (SSSR count). The molecule has 1 aromatic heterocycles. The lowest BCUT2D eigenvalue weighted by Gasteiger charge is -2.22. The number of aromatic nitrogens is 4. The van der Waals surface area contributed by atoms with Crippen molar-refractivity contribution in [1.82, 2.24) is 20.2 Å². The molecule has 0 unspecified atom stereocenters. The average Bonchev–Trinajstić information content (AvgIpc) is 2.78. The van der Waals surface area contributed by atoms with Crippen LogP contribution in [0.25, 0.3) is 11.4 Å². The van der Waals surface area contributed by atoms with Gasteiger partial charge in [0.15, 0.2) is 15.7 Å². The van der Waals surface area contributed by atoms with E-state index in [1.807, 2.05) is 19.1 Å². The maximum Gasteiger partial charge on any atom is 0.182 e. The Kier molecular flexibility index (Phi) is 3.75. The Hall–Kier alpha value is -1.96. The minimum Gasteiger partial charge on any atom is -0.398 e. The fourth-order valence-electron chi connectivity index (χ4n) is 1.88. The molecule has 0 atom stereocenters. The molecule has 1 aromatic carbocycles. The summed E-state index contributed by atoms with van der Waals surface area (Å²) in [6, 6.07) is 5.48. The second-order valence-electron chi connectivity index (χ2n) is 5.71. The fourth-order valence-corrected chi connectivity index (χ4v) is 2.23. The first-order chi connectivity index (χ1) is 9.63. The molecule has 0 aliphatic rings. The first-order valence-electron chi connectivity index (χ1n) is 6.45. The van der Waals surface area contributed by atoms with Crippen LogP contribution in [0.5, 0.6) is 0 Å². The summed E-state index contributed by atoms with van der Waals surface area (Å²) in [5.74, 6) is 0.511. The molecule has 114 valence electrons. The zero-order valence-electron chi connectivity index (χ0n) is 12.5. The van der Waals surface area contributed by atoms with Crippen molar-refractivity contribution in [2.75, 3.05) is 12.0 Å². The van der Waals surface area contributed by atoms with Crippen LogP contribution in [-0.2, 0) is 16.4 Å². The van der Waals surface area contributed by atoms with Crippen molar-refractivity contribution in [2.24, 2.45) is 0 Å². The number of nitrogen functional groups attached to an aromatic ring is 1. The summed E-state index contributed by atoms with van der Waals surface area (Å²) in [5, 5.41) is 11.6. The zero-order chi connectivity index (χ0) is 15.8. The van der Waals surface area contributed by atoms with Crippen LogP contribution in [0, 0.1) is 6.92 Å². The molecule has 0 radical (unpaired) electrons. The largest absolute Gasteiger partial charge is 0.398 e. The van der Waals surface area contributed by atoms with E-state index in [1.165, 1.54) is 10.9 Å². The lowest BCUT2D eigenvalue weighted by Crippen LogP contribution is -2.36. The average molecular weight is 309 g/mol. The zero-order valence-corrected chi connectivity index (χ0v) is 13.3. The van der Waals surface area contributed by atoms with Crippen LogP contribution in [0.2, 0.25) is 0 Å². The molecule has 0 saturated carbocycles. The van der Waals surface area contributed by atoms with Crippen molar-refractivity contribution in [3.8, 4) is 11.4 Å². The molecule has 1 heterocycles. The van der Waals surface area contributed by atoms with Crippen LogP contribution in [0.4, 0.5) is 5.69 Å². The van der Waals surface area contributed by atoms with Crippen LogP contribution < -0.4 is 5.73 Å². The SMILES string of the molecule is Cc1c(N)cccc1-c1nnnn1CC(C)(C)S(C)(=O)=O. The highest BCUT2D eigenvalue weighted by molar-refractivity contribution is 7.92. The summed E-state index contributed by atoms with van der Waals surface area (Å²) < 4.78 is 24.2. The molecule has 0 spiro atoms. The smallest absolute Gasteiger partial charge is 0.182 e. The van der Waals surface area contributed by atoms with E-state index in [0.717, 1.165) is 11.1 Å². The molecule has 0 saturated heterocycles. The molecular weight excluding hydrogens is 290 g/mol. The van der Waals surface area contributed by atoms with E-state index in [0.29, 0.717) is 11.5 Å². The topological polar surface area (TPSA) is 104 Å². The number of nitrogens with zero attached hydrogens (tertiary/aromatic N) is 4. The van der Waals surface area contributed by atoms with Gasteiger partial charge in [-0.05, 0) is 42.8 Å². The van der Waals surface area contributed by atoms with Crippen molar-refractivity contribution in [3.05, 3.63) is 23.8 Å². The van der Waals surface area contributed by atoms with E-state index in [2.05, 4.69) is 15.5 Å². The number of benzene rings is 1. The number of hydrogen-bond donors (Lipinski definition) is 1. The van der Waals surface area contributed by atoms with E-state index in [-0.39, 0.29) is 6.54 Å². The Morgan fingerprint density at radius 3 is 2.62 bits per heavy atom. The molecule has 0 aliphatic carbocycles. The first kappa shape index (κ1) is 15.4. The Bertz CT molecular complexity index is 765. The second kappa shape index (κ2) is 5.10. The third kappa shape index (κ3) is 2.90. The lowest BCUT2D eigenvalue weighted by molar-refractivity contribution is 0.471. The third-order valence-electron chi connectivity index (χ3n) is 3.68. The Morgan fingerprint density at radius 2 is 2.00 bits per heavy atom. The summed E-state index contributed by atoms with van der Waals surface area (Å²) >= 11 is 0. The quantitative estimate of drug-likeness (QED) is 0.847. The van der Waals surface area contributed by atoms with Gasteiger partial charge < -0.3 is 5.73 Å².